The van der Waals surface area contributed by atoms with E-state index in [0.717, 1.165) is 29.9 Å². The zero-order valence-corrected chi connectivity index (χ0v) is 15.0. The molecule has 0 bridgehead atoms. The summed E-state index contributed by atoms with van der Waals surface area (Å²) in [6.45, 7) is 3.43. The molecular weight excluding hydrogens is 352 g/mol. The molecule has 3 heterocycles. The molecule has 4 rings (SSSR count). The average Bonchev–Trinajstić information content (AvgIpc) is 3.09. The fraction of sp³-hybridized carbons (Fsp3) is 0.333. The summed E-state index contributed by atoms with van der Waals surface area (Å²) in [5.74, 6) is 0.873. The SMILES string of the molecule is O=C(CCn1ncc2cc(Cl)ccc21)N1CCN(c2ncccn2)CC1. The van der Waals surface area contributed by atoms with Crippen molar-refractivity contribution in [2.45, 2.75) is 13.0 Å². The van der Waals surface area contributed by atoms with E-state index in [1.807, 2.05) is 27.8 Å². The van der Waals surface area contributed by atoms with E-state index in [4.69, 9.17) is 11.6 Å². The lowest BCUT2D eigenvalue weighted by atomic mass is 10.2. The Hall–Kier alpha value is -2.67. The highest BCUT2D eigenvalue weighted by Crippen LogP contribution is 2.19. The molecule has 1 aliphatic rings. The van der Waals surface area contributed by atoms with Crippen LogP contribution in [-0.2, 0) is 11.3 Å². The highest BCUT2D eigenvalue weighted by molar-refractivity contribution is 6.31. The summed E-state index contributed by atoms with van der Waals surface area (Å²) >= 11 is 6.00. The van der Waals surface area contributed by atoms with Crippen molar-refractivity contribution in [3.8, 4) is 0 Å². The van der Waals surface area contributed by atoms with Gasteiger partial charge in [0, 0.05) is 55.4 Å². The normalized spacial score (nSPS) is 14.8. The summed E-state index contributed by atoms with van der Waals surface area (Å²) in [6, 6.07) is 7.46. The van der Waals surface area contributed by atoms with Gasteiger partial charge in [0.15, 0.2) is 0 Å². The molecule has 1 fully saturated rings. The van der Waals surface area contributed by atoms with Crippen LogP contribution in [-0.4, -0.2) is 56.7 Å². The fourth-order valence-electron chi connectivity index (χ4n) is 3.21. The Morgan fingerprint density at radius 3 is 2.65 bits per heavy atom. The van der Waals surface area contributed by atoms with Crippen LogP contribution >= 0.6 is 11.6 Å². The Bertz CT molecular complexity index is 904. The largest absolute Gasteiger partial charge is 0.339 e. The molecule has 0 N–H and O–H groups in total. The van der Waals surface area contributed by atoms with Crippen LogP contribution in [0.4, 0.5) is 5.95 Å². The molecular formula is C18H19ClN6O. The minimum Gasteiger partial charge on any atom is -0.339 e. The highest BCUT2D eigenvalue weighted by Gasteiger charge is 2.22. The second kappa shape index (κ2) is 7.29. The third-order valence-electron chi connectivity index (χ3n) is 4.61. The third-order valence-corrected chi connectivity index (χ3v) is 4.84. The molecule has 1 aliphatic heterocycles. The lowest BCUT2D eigenvalue weighted by Crippen LogP contribution is -2.49. The van der Waals surface area contributed by atoms with Gasteiger partial charge in [-0.15, -0.1) is 0 Å². The lowest BCUT2D eigenvalue weighted by Gasteiger charge is -2.34. The van der Waals surface area contributed by atoms with E-state index in [2.05, 4.69) is 20.0 Å². The molecule has 7 nitrogen and oxygen atoms in total. The van der Waals surface area contributed by atoms with E-state index in [1.165, 1.54) is 0 Å². The Morgan fingerprint density at radius 1 is 1.12 bits per heavy atom. The van der Waals surface area contributed by atoms with Gasteiger partial charge >= 0.3 is 0 Å². The van der Waals surface area contributed by atoms with Crippen LogP contribution in [0.2, 0.25) is 5.02 Å². The number of anilines is 1. The van der Waals surface area contributed by atoms with E-state index in [1.54, 1.807) is 24.7 Å². The molecule has 3 aromatic rings. The van der Waals surface area contributed by atoms with Gasteiger partial charge in [-0.3, -0.25) is 9.48 Å². The Kier molecular flexibility index (Phi) is 4.71. The van der Waals surface area contributed by atoms with Crippen LogP contribution in [0.1, 0.15) is 6.42 Å². The summed E-state index contributed by atoms with van der Waals surface area (Å²) < 4.78 is 1.86. The predicted molar refractivity (Wildman–Crippen MR) is 100 cm³/mol. The van der Waals surface area contributed by atoms with Crippen molar-refractivity contribution >= 4 is 34.4 Å². The summed E-state index contributed by atoms with van der Waals surface area (Å²) in [6.07, 6.45) is 5.69. The monoisotopic (exact) mass is 370 g/mol. The van der Waals surface area contributed by atoms with Crippen LogP contribution in [0.3, 0.4) is 0 Å². The highest BCUT2D eigenvalue weighted by atomic mass is 35.5. The number of aryl methyl sites for hydroxylation is 1. The quantitative estimate of drug-likeness (QED) is 0.704. The number of halogens is 1. The van der Waals surface area contributed by atoms with E-state index >= 15 is 0 Å². The van der Waals surface area contributed by atoms with Gasteiger partial charge in [0.1, 0.15) is 0 Å². The molecule has 1 aromatic carbocycles. The average molecular weight is 371 g/mol. The molecule has 1 amide bonds. The molecule has 0 radical (unpaired) electrons. The molecule has 1 saturated heterocycles. The topological polar surface area (TPSA) is 67.2 Å². The number of hydrogen-bond donors (Lipinski definition) is 0. The Morgan fingerprint density at radius 2 is 1.88 bits per heavy atom. The van der Waals surface area contributed by atoms with Gasteiger partial charge in [-0.25, -0.2) is 9.97 Å². The van der Waals surface area contributed by atoms with Gasteiger partial charge in [-0.1, -0.05) is 11.6 Å². The summed E-state index contributed by atoms with van der Waals surface area (Å²) in [5.41, 5.74) is 0.994. The molecule has 0 spiro atoms. The standard InChI is InChI=1S/C18H19ClN6O/c19-15-2-3-16-14(12-15)13-22-25(16)7-4-17(26)23-8-10-24(11-9-23)18-20-5-1-6-21-18/h1-3,5-6,12-13H,4,7-11H2. The van der Waals surface area contributed by atoms with Crippen molar-refractivity contribution in [2.24, 2.45) is 0 Å². The number of rotatable bonds is 4. The fourth-order valence-corrected chi connectivity index (χ4v) is 3.39. The second-order valence-corrected chi connectivity index (χ2v) is 6.67. The zero-order valence-electron chi connectivity index (χ0n) is 14.3. The van der Waals surface area contributed by atoms with Gasteiger partial charge in [-0.05, 0) is 24.3 Å². The zero-order chi connectivity index (χ0) is 17.9. The van der Waals surface area contributed by atoms with Crippen molar-refractivity contribution < 1.29 is 4.79 Å². The Balaban J connectivity index is 1.33. The molecule has 2 aromatic heterocycles. The van der Waals surface area contributed by atoms with Gasteiger partial charge in [0.05, 0.1) is 18.3 Å². The number of carbonyl (C=O) groups is 1. The van der Waals surface area contributed by atoms with Crippen LogP contribution in [0.15, 0.2) is 42.9 Å². The lowest BCUT2D eigenvalue weighted by molar-refractivity contribution is -0.131. The van der Waals surface area contributed by atoms with Crippen molar-refractivity contribution in [1.29, 1.82) is 0 Å². The van der Waals surface area contributed by atoms with Crippen LogP contribution in [0, 0.1) is 0 Å². The number of amides is 1. The second-order valence-electron chi connectivity index (χ2n) is 6.24. The summed E-state index contributed by atoms with van der Waals surface area (Å²) in [4.78, 5) is 25.1. The van der Waals surface area contributed by atoms with Crippen molar-refractivity contribution in [2.75, 3.05) is 31.1 Å². The van der Waals surface area contributed by atoms with E-state index < -0.39 is 0 Å². The number of benzene rings is 1. The summed E-state index contributed by atoms with van der Waals surface area (Å²) in [5, 5.41) is 6.04. The molecule has 0 atom stereocenters. The number of nitrogens with zero attached hydrogens (tertiary/aromatic N) is 6. The molecule has 0 aliphatic carbocycles. The van der Waals surface area contributed by atoms with E-state index in [-0.39, 0.29) is 5.91 Å². The molecule has 8 heteroatoms. The number of carbonyl (C=O) groups excluding carboxylic acids is 1. The predicted octanol–water partition coefficient (Wildman–Crippen LogP) is 2.22. The van der Waals surface area contributed by atoms with E-state index in [9.17, 15) is 4.79 Å². The first-order valence-electron chi connectivity index (χ1n) is 8.61. The first-order valence-corrected chi connectivity index (χ1v) is 8.99. The maximum atomic E-state index is 12.5. The van der Waals surface area contributed by atoms with Crippen molar-refractivity contribution in [3.05, 3.63) is 47.9 Å². The maximum absolute atomic E-state index is 12.5. The minimum atomic E-state index is 0.149. The number of aromatic nitrogens is 4. The van der Waals surface area contributed by atoms with E-state index in [0.29, 0.717) is 31.1 Å². The van der Waals surface area contributed by atoms with Crippen LogP contribution in [0.5, 0.6) is 0 Å². The smallest absolute Gasteiger partial charge is 0.225 e. The third kappa shape index (κ3) is 3.48. The minimum absolute atomic E-state index is 0.149. The van der Waals surface area contributed by atoms with Gasteiger partial charge in [-0.2, -0.15) is 5.10 Å². The summed E-state index contributed by atoms with van der Waals surface area (Å²) in [7, 11) is 0. The number of fused-ring (bicyclic) bond motifs is 1. The molecule has 0 saturated carbocycles. The van der Waals surface area contributed by atoms with Gasteiger partial charge < -0.3 is 9.80 Å². The first-order chi connectivity index (χ1) is 12.7. The van der Waals surface area contributed by atoms with Crippen molar-refractivity contribution in [3.63, 3.8) is 0 Å². The maximum Gasteiger partial charge on any atom is 0.225 e. The van der Waals surface area contributed by atoms with Gasteiger partial charge in [0.25, 0.3) is 0 Å². The molecule has 0 unspecified atom stereocenters. The molecule has 134 valence electrons. The first kappa shape index (κ1) is 16.8. The molecule has 26 heavy (non-hydrogen) atoms. The van der Waals surface area contributed by atoms with Crippen LogP contribution in [0.25, 0.3) is 10.9 Å². The number of hydrogen-bond acceptors (Lipinski definition) is 5. The Labute approximate surface area is 156 Å². The van der Waals surface area contributed by atoms with Crippen molar-refractivity contribution in [1.82, 2.24) is 24.6 Å². The number of piperazine rings is 1. The van der Waals surface area contributed by atoms with Crippen LogP contribution < -0.4 is 4.90 Å². The van der Waals surface area contributed by atoms with Gasteiger partial charge in [0.2, 0.25) is 11.9 Å².